The van der Waals surface area contributed by atoms with E-state index in [1.807, 2.05) is 37.3 Å². The van der Waals surface area contributed by atoms with E-state index < -0.39 is 11.2 Å². The van der Waals surface area contributed by atoms with Crippen molar-refractivity contribution in [2.24, 2.45) is 0 Å². The van der Waals surface area contributed by atoms with E-state index in [0.717, 1.165) is 10.1 Å². The summed E-state index contributed by atoms with van der Waals surface area (Å²) >= 11 is 0. The molecule has 0 aliphatic carbocycles. The second-order valence-electron chi connectivity index (χ2n) is 7.27. The second kappa shape index (κ2) is 9.34. The molecule has 0 aliphatic rings. The third kappa shape index (κ3) is 4.61. The SMILES string of the molecule is CCCn1c(=O)[nH]c2nc(-c3ccc(OCC(=O)NCc4ccccc4)cc3)[nH]c2c1=O. The van der Waals surface area contributed by atoms with Crippen molar-refractivity contribution < 1.29 is 9.53 Å². The fourth-order valence-corrected chi connectivity index (χ4v) is 3.28. The predicted molar refractivity (Wildman–Crippen MR) is 120 cm³/mol. The number of amides is 1. The highest BCUT2D eigenvalue weighted by molar-refractivity contribution is 5.77. The molecule has 0 unspecified atom stereocenters. The average Bonchev–Trinajstić information content (AvgIpc) is 3.24. The number of hydrogen-bond donors (Lipinski definition) is 3. The Morgan fingerprint density at radius 1 is 1.06 bits per heavy atom. The van der Waals surface area contributed by atoms with Crippen LogP contribution in [0.2, 0.25) is 0 Å². The highest BCUT2D eigenvalue weighted by atomic mass is 16.5. The van der Waals surface area contributed by atoms with Gasteiger partial charge in [-0.1, -0.05) is 37.3 Å². The molecule has 32 heavy (non-hydrogen) atoms. The van der Waals surface area contributed by atoms with Crippen LogP contribution in [0.3, 0.4) is 0 Å². The molecule has 0 saturated carbocycles. The number of carbonyl (C=O) groups excluding carboxylic acids is 1. The third-order valence-corrected chi connectivity index (χ3v) is 4.91. The van der Waals surface area contributed by atoms with Gasteiger partial charge < -0.3 is 15.0 Å². The topological polar surface area (TPSA) is 122 Å². The van der Waals surface area contributed by atoms with E-state index in [0.29, 0.717) is 36.6 Å². The second-order valence-corrected chi connectivity index (χ2v) is 7.27. The van der Waals surface area contributed by atoms with Crippen molar-refractivity contribution in [2.45, 2.75) is 26.4 Å². The van der Waals surface area contributed by atoms with Gasteiger partial charge in [0.1, 0.15) is 17.1 Å². The van der Waals surface area contributed by atoms with E-state index in [1.165, 1.54) is 0 Å². The van der Waals surface area contributed by atoms with Gasteiger partial charge in [0.15, 0.2) is 12.3 Å². The molecule has 2 heterocycles. The summed E-state index contributed by atoms with van der Waals surface area (Å²) in [4.78, 5) is 46.6. The Labute approximate surface area is 183 Å². The minimum absolute atomic E-state index is 0.102. The Bertz CT molecular complexity index is 1340. The minimum atomic E-state index is -0.475. The summed E-state index contributed by atoms with van der Waals surface area (Å²) < 4.78 is 6.70. The summed E-state index contributed by atoms with van der Waals surface area (Å²) in [6, 6.07) is 16.6. The summed E-state index contributed by atoms with van der Waals surface area (Å²) in [5, 5.41) is 2.81. The van der Waals surface area contributed by atoms with Gasteiger partial charge in [-0.3, -0.25) is 19.1 Å². The molecule has 0 radical (unpaired) electrons. The molecule has 9 nitrogen and oxygen atoms in total. The van der Waals surface area contributed by atoms with E-state index in [9.17, 15) is 14.4 Å². The number of ether oxygens (including phenoxy) is 1. The number of imidazole rings is 1. The van der Waals surface area contributed by atoms with Crippen LogP contribution in [0.5, 0.6) is 5.75 Å². The first-order valence-electron chi connectivity index (χ1n) is 10.3. The average molecular weight is 433 g/mol. The van der Waals surface area contributed by atoms with Crippen LogP contribution < -0.4 is 21.3 Å². The van der Waals surface area contributed by atoms with Crippen molar-refractivity contribution in [3.63, 3.8) is 0 Å². The van der Waals surface area contributed by atoms with Gasteiger partial charge in [-0.25, -0.2) is 9.78 Å². The smallest absolute Gasteiger partial charge is 0.330 e. The molecule has 4 aromatic rings. The van der Waals surface area contributed by atoms with E-state index >= 15 is 0 Å². The van der Waals surface area contributed by atoms with Crippen molar-refractivity contribution >= 4 is 17.1 Å². The maximum absolute atomic E-state index is 12.5. The van der Waals surface area contributed by atoms with Crippen LogP contribution in [0.4, 0.5) is 0 Å². The molecular weight excluding hydrogens is 410 g/mol. The fourth-order valence-electron chi connectivity index (χ4n) is 3.28. The molecule has 0 atom stereocenters. The van der Waals surface area contributed by atoms with Crippen molar-refractivity contribution in [2.75, 3.05) is 6.61 Å². The zero-order valence-electron chi connectivity index (χ0n) is 17.6. The Morgan fingerprint density at radius 2 is 1.81 bits per heavy atom. The molecule has 3 N–H and O–H groups in total. The standard InChI is InChI=1S/C23H23N5O4/c1-2-12-28-22(30)19-21(27-23(28)31)26-20(25-19)16-8-10-17(11-9-16)32-14-18(29)24-13-15-6-4-3-5-7-15/h3-11H,2,12-14H2,1H3,(H,24,29)(H,25,26)(H,27,31). The zero-order valence-corrected chi connectivity index (χ0v) is 17.6. The summed E-state index contributed by atoms with van der Waals surface area (Å²) in [5.74, 6) is 0.759. The number of rotatable bonds is 8. The van der Waals surface area contributed by atoms with E-state index in [2.05, 4.69) is 20.3 Å². The van der Waals surface area contributed by atoms with Crippen molar-refractivity contribution in [3.05, 3.63) is 81.0 Å². The predicted octanol–water partition coefficient (Wildman–Crippen LogP) is 2.19. The zero-order chi connectivity index (χ0) is 22.5. The van der Waals surface area contributed by atoms with Gasteiger partial charge in [-0.2, -0.15) is 0 Å². The molecule has 4 rings (SSSR count). The molecule has 9 heteroatoms. The molecule has 0 fully saturated rings. The molecule has 1 amide bonds. The number of nitrogens with zero attached hydrogens (tertiary/aromatic N) is 2. The van der Waals surface area contributed by atoms with Crippen molar-refractivity contribution in [1.29, 1.82) is 0 Å². The summed E-state index contributed by atoms with van der Waals surface area (Å²) in [5.41, 5.74) is 1.33. The largest absolute Gasteiger partial charge is 0.484 e. The van der Waals surface area contributed by atoms with Crippen LogP contribution in [-0.2, 0) is 17.9 Å². The minimum Gasteiger partial charge on any atom is -0.484 e. The van der Waals surface area contributed by atoms with Gasteiger partial charge >= 0.3 is 5.69 Å². The van der Waals surface area contributed by atoms with Crippen LogP contribution in [-0.4, -0.2) is 32.0 Å². The normalized spacial score (nSPS) is 10.9. The lowest BCUT2D eigenvalue weighted by atomic mass is 10.2. The third-order valence-electron chi connectivity index (χ3n) is 4.91. The van der Waals surface area contributed by atoms with Crippen LogP contribution in [0.1, 0.15) is 18.9 Å². The number of fused-ring (bicyclic) bond motifs is 1. The molecule has 2 aromatic heterocycles. The summed E-state index contributed by atoms with van der Waals surface area (Å²) in [6.07, 6.45) is 0.668. The Kier molecular flexibility index (Phi) is 6.16. The van der Waals surface area contributed by atoms with Gasteiger partial charge in [0.25, 0.3) is 11.5 Å². The van der Waals surface area contributed by atoms with E-state index in [4.69, 9.17) is 4.74 Å². The summed E-state index contributed by atoms with van der Waals surface area (Å²) in [6.45, 7) is 2.57. The number of benzene rings is 2. The number of aromatic nitrogens is 4. The highest BCUT2D eigenvalue weighted by Gasteiger charge is 2.13. The van der Waals surface area contributed by atoms with Crippen molar-refractivity contribution in [3.8, 4) is 17.1 Å². The lowest BCUT2D eigenvalue weighted by Gasteiger charge is -2.08. The molecule has 2 aromatic carbocycles. The molecule has 0 aliphatic heterocycles. The molecule has 0 saturated heterocycles. The molecule has 164 valence electrons. The Balaban J connectivity index is 1.41. The fraction of sp³-hybridized carbons (Fsp3) is 0.217. The number of hydrogen-bond acceptors (Lipinski definition) is 5. The summed E-state index contributed by atoms with van der Waals surface area (Å²) in [7, 11) is 0. The van der Waals surface area contributed by atoms with Gasteiger partial charge in [0.2, 0.25) is 0 Å². The van der Waals surface area contributed by atoms with Gasteiger partial charge in [-0.15, -0.1) is 0 Å². The molecular formula is C23H23N5O4. The monoisotopic (exact) mass is 433 g/mol. The number of nitrogens with one attached hydrogen (secondary N) is 3. The van der Waals surface area contributed by atoms with E-state index in [1.54, 1.807) is 24.3 Å². The Hall–Kier alpha value is -4.14. The Morgan fingerprint density at radius 3 is 2.53 bits per heavy atom. The van der Waals surface area contributed by atoms with E-state index in [-0.39, 0.29) is 23.7 Å². The van der Waals surface area contributed by atoms with Gasteiger partial charge in [-0.05, 0) is 36.2 Å². The van der Waals surface area contributed by atoms with Crippen molar-refractivity contribution in [1.82, 2.24) is 24.8 Å². The molecule has 0 spiro atoms. The maximum atomic E-state index is 12.5. The maximum Gasteiger partial charge on any atom is 0.330 e. The van der Waals surface area contributed by atoms with Gasteiger partial charge in [0.05, 0.1) is 0 Å². The number of aromatic amines is 2. The quantitative estimate of drug-likeness (QED) is 0.393. The first-order chi connectivity index (χ1) is 15.5. The van der Waals surface area contributed by atoms with Crippen LogP contribution >= 0.6 is 0 Å². The highest BCUT2D eigenvalue weighted by Crippen LogP contribution is 2.21. The first-order valence-corrected chi connectivity index (χ1v) is 10.3. The van der Waals surface area contributed by atoms with Gasteiger partial charge in [0, 0.05) is 18.7 Å². The molecule has 0 bridgehead atoms. The van der Waals surface area contributed by atoms with Crippen LogP contribution in [0, 0.1) is 0 Å². The van der Waals surface area contributed by atoms with Crippen LogP contribution in [0.15, 0.2) is 64.2 Å². The lowest BCUT2D eigenvalue weighted by Crippen LogP contribution is -2.34. The first kappa shape index (κ1) is 21.1. The lowest BCUT2D eigenvalue weighted by molar-refractivity contribution is -0.123. The number of H-pyrrole nitrogens is 2. The number of carbonyl (C=O) groups is 1. The van der Waals surface area contributed by atoms with Crippen LogP contribution in [0.25, 0.3) is 22.6 Å².